The van der Waals surface area contributed by atoms with E-state index < -0.39 is 0 Å². The van der Waals surface area contributed by atoms with Crippen molar-refractivity contribution in [2.45, 2.75) is 4.90 Å². The number of rotatable bonds is 5. The van der Waals surface area contributed by atoms with Crippen LogP contribution in [0.1, 0.15) is 0 Å². The number of carbonyl (C=O) groups excluding carboxylic acids is 1. The first kappa shape index (κ1) is 20.1. The maximum Gasteiger partial charge on any atom is 0.234 e. The van der Waals surface area contributed by atoms with Crippen LogP contribution in [0.25, 0.3) is 22.6 Å². The summed E-state index contributed by atoms with van der Waals surface area (Å²) in [4.78, 5) is 17.6. The van der Waals surface area contributed by atoms with Gasteiger partial charge in [0.15, 0.2) is 5.58 Å². The molecule has 0 saturated heterocycles. The van der Waals surface area contributed by atoms with Crippen LogP contribution < -0.4 is 5.32 Å². The molecular formula is C21H13Cl3N2O2S. The quantitative estimate of drug-likeness (QED) is 0.318. The van der Waals surface area contributed by atoms with Gasteiger partial charge in [0, 0.05) is 26.2 Å². The molecule has 0 bridgehead atoms. The maximum absolute atomic E-state index is 12.2. The summed E-state index contributed by atoms with van der Waals surface area (Å²) in [6, 6.07) is 17.9. The molecule has 0 fully saturated rings. The summed E-state index contributed by atoms with van der Waals surface area (Å²) in [5.41, 5.74) is 2.53. The molecular weight excluding hydrogens is 451 g/mol. The first-order valence-corrected chi connectivity index (χ1v) is 10.6. The Labute approximate surface area is 186 Å². The van der Waals surface area contributed by atoms with Crippen LogP contribution in [-0.4, -0.2) is 16.6 Å². The minimum atomic E-state index is -0.0963. The van der Waals surface area contributed by atoms with E-state index in [0.717, 1.165) is 10.5 Å². The molecule has 1 N–H and O–H groups in total. The molecule has 146 valence electrons. The fourth-order valence-corrected chi connectivity index (χ4v) is 4.00. The van der Waals surface area contributed by atoms with Crippen molar-refractivity contribution in [1.29, 1.82) is 0 Å². The van der Waals surface area contributed by atoms with Gasteiger partial charge in [-0.05, 0) is 60.7 Å². The lowest BCUT2D eigenvalue weighted by molar-refractivity contribution is -0.113. The van der Waals surface area contributed by atoms with Crippen LogP contribution >= 0.6 is 46.6 Å². The number of benzene rings is 3. The fourth-order valence-electron chi connectivity index (χ4n) is 2.66. The number of carbonyl (C=O) groups is 1. The maximum atomic E-state index is 12.2. The number of hydrogen-bond acceptors (Lipinski definition) is 4. The molecule has 0 unspecified atom stereocenters. The highest BCUT2D eigenvalue weighted by atomic mass is 35.5. The number of anilines is 1. The van der Waals surface area contributed by atoms with E-state index in [2.05, 4.69) is 10.3 Å². The fraction of sp³-hybridized carbons (Fsp3) is 0.0476. The van der Waals surface area contributed by atoms with Gasteiger partial charge in [0.1, 0.15) is 5.52 Å². The number of hydrogen-bond donors (Lipinski definition) is 1. The van der Waals surface area contributed by atoms with Crippen LogP contribution in [0.5, 0.6) is 0 Å². The normalized spacial score (nSPS) is 11.0. The summed E-state index contributed by atoms with van der Waals surface area (Å²) in [6.45, 7) is 0. The zero-order chi connectivity index (χ0) is 20.4. The van der Waals surface area contributed by atoms with Gasteiger partial charge in [0.25, 0.3) is 0 Å². The lowest BCUT2D eigenvalue weighted by Crippen LogP contribution is -2.13. The first-order valence-electron chi connectivity index (χ1n) is 8.52. The van der Waals surface area contributed by atoms with Gasteiger partial charge in [-0.1, -0.05) is 34.8 Å². The Bertz CT molecular complexity index is 1180. The standard InChI is InChI=1S/C21H13Cl3N2O2S/c22-13-3-7-16(8-4-13)29-11-19(27)25-15-5-1-12(2-6-15)21-26-18-10-14(23)9-17(24)20(18)28-21/h1-10H,11H2,(H,25,27). The lowest BCUT2D eigenvalue weighted by Gasteiger charge is -2.06. The third-order valence-electron chi connectivity index (χ3n) is 4.01. The SMILES string of the molecule is O=C(CSc1ccc(Cl)cc1)Nc1ccc(-c2nc3cc(Cl)cc(Cl)c3o2)cc1. The smallest absolute Gasteiger partial charge is 0.234 e. The molecule has 3 aromatic carbocycles. The molecule has 0 radical (unpaired) electrons. The molecule has 0 aliphatic rings. The summed E-state index contributed by atoms with van der Waals surface area (Å²) < 4.78 is 5.75. The van der Waals surface area contributed by atoms with Crippen molar-refractivity contribution in [3.05, 3.63) is 75.7 Å². The second-order valence-corrected chi connectivity index (χ2v) is 8.45. The predicted molar refractivity (Wildman–Crippen MR) is 120 cm³/mol. The van der Waals surface area contributed by atoms with E-state index in [4.69, 9.17) is 39.2 Å². The summed E-state index contributed by atoms with van der Waals surface area (Å²) >= 11 is 19.5. The van der Waals surface area contributed by atoms with Crippen LogP contribution in [-0.2, 0) is 4.79 Å². The third-order valence-corrected chi connectivity index (χ3v) is 5.77. The first-order chi connectivity index (χ1) is 14.0. The Morgan fingerprint density at radius 3 is 2.41 bits per heavy atom. The molecule has 1 heterocycles. The molecule has 4 aromatic rings. The van der Waals surface area contributed by atoms with Crippen molar-refractivity contribution in [2.75, 3.05) is 11.1 Å². The van der Waals surface area contributed by atoms with Crippen molar-refractivity contribution < 1.29 is 9.21 Å². The largest absolute Gasteiger partial charge is 0.435 e. The van der Waals surface area contributed by atoms with Gasteiger partial charge in [-0.3, -0.25) is 4.79 Å². The molecule has 1 aromatic heterocycles. The van der Waals surface area contributed by atoms with Crippen molar-refractivity contribution in [1.82, 2.24) is 4.98 Å². The zero-order valence-corrected chi connectivity index (χ0v) is 17.9. The summed E-state index contributed by atoms with van der Waals surface area (Å²) in [6.07, 6.45) is 0. The van der Waals surface area contributed by atoms with Gasteiger partial charge in [-0.25, -0.2) is 4.98 Å². The van der Waals surface area contributed by atoms with Crippen LogP contribution in [0.2, 0.25) is 15.1 Å². The van der Waals surface area contributed by atoms with Crippen molar-refractivity contribution in [3.63, 3.8) is 0 Å². The number of nitrogens with zero attached hydrogens (tertiary/aromatic N) is 1. The average Bonchev–Trinajstić information content (AvgIpc) is 3.12. The minimum absolute atomic E-state index is 0.0963. The third kappa shape index (κ3) is 4.87. The molecule has 1 amide bonds. The van der Waals surface area contributed by atoms with Crippen molar-refractivity contribution in [3.8, 4) is 11.5 Å². The van der Waals surface area contributed by atoms with E-state index in [1.54, 1.807) is 36.4 Å². The number of fused-ring (bicyclic) bond motifs is 1. The second kappa shape index (κ2) is 8.67. The Kier molecular flexibility index (Phi) is 6.01. The monoisotopic (exact) mass is 462 g/mol. The molecule has 4 rings (SSSR count). The van der Waals surface area contributed by atoms with E-state index in [1.165, 1.54) is 11.8 Å². The van der Waals surface area contributed by atoms with Crippen LogP contribution in [0, 0.1) is 0 Å². The highest BCUT2D eigenvalue weighted by Gasteiger charge is 2.12. The number of thioether (sulfide) groups is 1. The number of amides is 1. The van der Waals surface area contributed by atoms with Crippen molar-refractivity contribution >= 4 is 69.3 Å². The number of oxazole rings is 1. The summed E-state index contributed by atoms with van der Waals surface area (Å²) in [5.74, 6) is 0.634. The van der Waals surface area contributed by atoms with Crippen LogP contribution in [0.3, 0.4) is 0 Å². The summed E-state index contributed by atoms with van der Waals surface area (Å²) in [7, 11) is 0. The average molecular weight is 464 g/mol. The van der Waals surface area contributed by atoms with Crippen molar-refractivity contribution in [2.24, 2.45) is 0 Å². The predicted octanol–water partition coefficient (Wildman–Crippen LogP) is 7.19. The molecule has 0 spiro atoms. The van der Waals surface area contributed by atoms with Gasteiger partial charge >= 0.3 is 0 Å². The van der Waals surface area contributed by atoms with Gasteiger partial charge in [0.05, 0.1) is 10.8 Å². The zero-order valence-electron chi connectivity index (χ0n) is 14.8. The van der Waals surface area contributed by atoms with E-state index in [1.807, 2.05) is 24.3 Å². The molecule has 4 nitrogen and oxygen atoms in total. The van der Waals surface area contributed by atoms with Gasteiger partial charge in [-0.2, -0.15) is 0 Å². The number of nitrogens with one attached hydrogen (secondary N) is 1. The number of aromatic nitrogens is 1. The van der Waals surface area contributed by atoms with Gasteiger partial charge in [0.2, 0.25) is 11.8 Å². The lowest BCUT2D eigenvalue weighted by atomic mass is 10.2. The van der Waals surface area contributed by atoms with Crippen LogP contribution in [0.4, 0.5) is 5.69 Å². The molecule has 0 atom stereocenters. The second-order valence-electron chi connectivity index (χ2n) is 6.12. The van der Waals surface area contributed by atoms with Gasteiger partial charge in [-0.15, -0.1) is 11.8 Å². The van der Waals surface area contributed by atoms with E-state index in [-0.39, 0.29) is 5.91 Å². The Balaban J connectivity index is 1.42. The Hall–Kier alpha value is -2.18. The van der Waals surface area contributed by atoms with Crippen LogP contribution in [0.15, 0.2) is 70.0 Å². The Morgan fingerprint density at radius 1 is 0.966 bits per heavy atom. The number of halogens is 3. The summed E-state index contributed by atoms with van der Waals surface area (Å²) in [5, 5.41) is 4.45. The van der Waals surface area contributed by atoms with Gasteiger partial charge < -0.3 is 9.73 Å². The Morgan fingerprint density at radius 2 is 1.69 bits per heavy atom. The molecule has 8 heteroatoms. The highest BCUT2D eigenvalue weighted by molar-refractivity contribution is 8.00. The molecule has 0 saturated carbocycles. The van der Waals surface area contributed by atoms with E-state index in [9.17, 15) is 4.79 Å². The highest BCUT2D eigenvalue weighted by Crippen LogP contribution is 2.32. The molecule has 29 heavy (non-hydrogen) atoms. The van der Waals surface area contributed by atoms with E-state index >= 15 is 0 Å². The topological polar surface area (TPSA) is 55.1 Å². The molecule has 0 aliphatic carbocycles. The molecule has 0 aliphatic heterocycles. The minimum Gasteiger partial charge on any atom is -0.435 e. The van der Waals surface area contributed by atoms with E-state index in [0.29, 0.717) is 43.5 Å².